The molecule has 0 aromatic heterocycles. The Morgan fingerprint density at radius 3 is 1.53 bits per heavy atom. The second kappa shape index (κ2) is 23.8. The van der Waals surface area contributed by atoms with Gasteiger partial charge in [0.1, 0.15) is 10.5 Å². The van der Waals surface area contributed by atoms with Gasteiger partial charge in [-0.3, -0.25) is 19.4 Å². The fraction of sp³-hybridized carbons (Fsp3) is 0.481. The average Bonchev–Trinajstić information content (AvgIpc) is 3.33. The van der Waals surface area contributed by atoms with Crippen LogP contribution in [0, 0.1) is 11.3 Å². The van der Waals surface area contributed by atoms with Crippen LogP contribution in [0.2, 0.25) is 0 Å². The highest BCUT2D eigenvalue weighted by Gasteiger charge is 2.36. The summed E-state index contributed by atoms with van der Waals surface area (Å²) in [7, 11) is 0. The van der Waals surface area contributed by atoms with Gasteiger partial charge in [-0.15, -0.1) is 23.5 Å². The van der Waals surface area contributed by atoms with E-state index in [4.69, 9.17) is 10.9 Å². The van der Waals surface area contributed by atoms with E-state index in [1.807, 2.05) is 76.5 Å². The Balaban J connectivity index is 0.000000197. The molecule has 0 saturated carbocycles. The largest absolute Gasteiger partial charge is 0.409 e. The first-order valence-electron chi connectivity index (χ1n) is 24.3. The molecule has 0 bridgehead atoms. The molecule has 66 heavy (non-hydrogen) atoms. The highest BCUT2D eigenvalue weighted by atomic mass is 32.2. The van der Waals surface area contributed by atoms with E-state index >= 15 is 0 Å². The predicted octanol–water partition coefficient (Wildman–Crippen LogP) is 11.6. The van der Waals surface area contributed by atoms with Crippen molar-refractivity contribution in [3.8, 4) is 6.07 Å². The molecule has 2 saturated heterocycles. The highest BCUT2D eigenvalue weighted by molar-refractivity contribution is 8.00. The first-order chi connectivity index (χ1) is 32.1. The predicted molar refractivity (Wildman–Crippen MR) is 272 cm³/mol. The summed E-state index contributed by atoms with van der Waals surface area (Å²) in [6.45, 7) is 13.2. The van der Waals surface area contributed by atoms with E-state index in [1.54, 1.807) is 35.7 Å². The second-order valence-electron chi connectivity index (χ2n) is 18.6. The number of likely N-dealkylation sites (tertiary alicyclic amines) is 2. The number of unbranched alkanes of at least 4 members (excludes halogenated alkanes) is 4. The number of carbonyl (C=O) groups is 2. The van der Waals surface area contributed by atoms with Crippen molar-refractivity contribution in [1.29, 1.82) is 5.26 Å². The van der Waals surface area contributed by atoms with Crippen molar-refractivity contribution in [3.05, 3.63) is 119 Å². The number of benzene rings is 4. The molecular formula is C54H69N7O3S2. The Hall–Kier alpha value is -4.80. The zero-order valence-electron chi connectivity index (χ0n) is 39.4. The number of anilines is 2. The number of hydrogen-bond acceptors (Lipinski definition) is 9. The standard InChI is InChI=1S/C27H36N4O2S.C27H33N3OS/c1-19-10-8-11-20(2)30(19)16-6-3-7-17-31-23-14-4-5-15-24(23)34-25(27(31)32)21-12-9-13-22(18-21)26(28)29-33;1-20-10-8-11-21(2)29(20)16-6-3-7-17-30-24-14-4-5-15-25(24)32-26(27(30)31)23-13-9-12-22(18-23)19-28/h4-5,9,12-15,18-20,25,33H,3,6-8,10-11,16-17H2,1-2H3,(H2,28,29);4-5,9,12-15,18,20-21,26H,3,6-8,10-11,16-17H2,1-2H3/t19-,20+,25?;20-,21+,26?. The van der Waals surface area contributed by atoms with Crippen molar-refractivity contribution in [2.24, 2.45) is 10.9 Å². The lowest BCUT2D eigenvalue weighted by molar-refractivity contribution is -0.119. The molecule has 0 spiro atoms. The molecule has 0 radical (unpaired) electrons. The molecule has 4 aromatic carbocycles. The molecule has 4 heterocycles. The van der Waals surface area contributed by atoms with Gasteiger partial charge < -0.3 is 20.7 Å². The summed E-state index contributed by atoms with van der Waals surface area (Å²) in [4.78, 5) is 38.6. The van der Waals surface area contributed by atoms with Gasteiger partial charge >= 0.3 is 0 Å². The van der Waals surface area contributed by atoms with E-state index in [1.165, 1.54) is 51.4 Å². The second-order valence-corrected chi connectivity index (χ2v) is 20.9. The van der Waals surface area contributed by atoms with Crippen molar-refractivity contribution in [3.63, 3.8) is 0 Å². The van der Waals surface area contributed by atoms with Crippen molar-refractivity contribution in [2.75, 3.05) is 36.0 Å². The molecule has 2 unspecified atom stereocenters. The van der Waals surface area contributed by atoms with Crippen LogP contribution in [-0.4, -0.2) is 83.0 Å². The number of rotatable bonds is 15. The topological polar surface area (TPSA) is 130 Å². The molecule has 6 atom stereocenters. The van der Waals surface area contributed by atoms with Gasteiger partial charge in [-0.25, -0.2) is 0 Å². The van der Waals surface area contributed by atoms with Crippen molar-refractivity contribution in [1.82, 2.24) is 9.80 Å². The normalized spacial score (nSPS) is 23.7. The van der Waals surface area contributed by atoms with Gasteiger partial charge in [0.05, 0.1) is 23.0 Å². The summed E-state index contributed by atoms with van der Waals surface area (Å²) in [6.07, 6.45) is 14.5. The molecule has 10 nitrogen and oxygen atoms in total. The number of nitrogens with zero attached hydrogens (tertiary/aromatic N) is 6. The lowest BCUT2D eigenvalue weighted by Crippen LogP contribution is -2.44. The number of thioether (sulfide) groups is 2. The monoisotopic (exact) mass is 927 g/mol. The van der Waals surface area contributed by atoms with Gasteiger partial charge in [0.15, 0.2) is 5.84 Å². The molecule has 350 valence electrons. The molecule has 4 aliphatic heterocycles. The van der Waals surface area contributed by atoms with Gasteiger partial charge in [0, 0.05) is 52.6 Å². The van der Waals surface area contributed by atoms with Gasteiger partial charge in [-0.2, -0.15) is 5.26 Å². The summed E-state index contributed by atoms with van der Waals surface area (Å²) in [5, 5.41) is 20.8. The van der Waals surface area contributed by atoms with Crippen LogP contribution >= 0.6 is 23.5 Å². The van der Waals surface area contributed by atoms with E-state index in [2.05, 4.69) is 66.9 Å². The maximum absolute atomic E-state index is 13.6. The van der Waals surface area contributed by atoms with E-state index in [9.17, 15) is 14.9 Å². The molecule has 3 N–H and O–H groups in total. The van der Waals surface area contributed by atoms with Crippen molar-refractivity contribution >= 4 is 52.5 Å². The van der Waals surface area contributed by atoms with E-state index in [0.717, 1.165) is 84.2 Å². The van der Waals surface area contributed by atoms with Crippen LogP contribution in [-0.2, 0) is 9.59 Å². The number of fused-ring (bicyclic) bond motifs is 2. The highest BCUT2D eigenvalue weighted by Crippen LogP contribution is 2.48. The zero-order chi connectivity index (χ0) is 46.6. The Morgan fingerprint density at radius 2 is 1.06 bits per heavy atom. The maximum atomic E-state index is 13.6. The fourth-order valence-corrected chi connectivity index (χ4v) is 12.8. The molecule has 8 rings (SSSR count). The number of amidine groups is 1. The summed E-state index contributed by atoms with van der Waals surface area (Å²) < 4.78 is 0. The number of amides is 2. The SMILES string of the molecule is C[C@@H]1CCC[C@H](C)N1CCCCCN1C(=O)C(c2cccc(C#N)c2)Sc2ccccc21.C[C@@H]1CCC[C@H](C)N1CCCCCN1C(=O)C(c2cccc(C(N)=NO)c2)Sc2ccccc21. The van der Waals surface area contributed by atoms with Crippen molar-refractivity contribution < 1.29 is 14.8 Å². The summed E-state index contributed by atoms with van der Waals surface area (Å²) in [5.41, 5.74) is 10.8. The molecule has 12 heteroatoms. The molecular weight excluding hydrogens is 859 g/mol. The van der Waals surface area contributed by atoms with Crippen LogP contribution in [0.3, 0.4) is 0 Å². The molecule has 2 amide bonds. The van der Waals surface area contributed by atoms with E-state index in [-0.39, 0.29) is 28.1 Å². The number of para-hydroxylation sites is 2. The minimum Gasteiger partial charge on any atom is -0.409 e. The molecule has 2 fully saturated rings. The minimum atomic E-state index is -0.351. The quantitative estimate of drug-likeness (QED) is 0.0393. The van der Waals surface area contributed by atoms with E-state index in [0.29, 0.717) is 35.3 Å². The third kappa shape index (κ3) is 12.0. The molecule has 0 aliphatic carbocycles. The number of nitriles is 1. The summed E-state index contributed by atoms with van der Waals surface area (Å²) in [6, 6.07) is 36.2. The van der Waals surface area contributed by atoms with Crippen LogP contribution in [0.5, 0.6) is 0 Å². The number of carbonyl (C=O) groups excluding carboxylic acids is 2. The summed E-state index contributed by atoms with van der Waals surface area (Å²) >= 11 is 3.17. The van der Waals surface area contributed by atoms with Gasteiger partial charge in [-0.05, 0) is 146 Å². The Bertz CT molecular complexity index is 2310. The lowest BCUT2D eigenvalue weighted by Gasteiger charge is -2.39. The third-order valence-electron chi connectivity index (χ3n) is 14.0. The van der Waals surface area contributed by atoms with Crippen molar-refractivity contribution in [2.45, 2.75) is 149 Å². The van der Waals surface area contributed by atoms with Crippen LogP contribution in [0.4, 0.5) is 11.4 Å². The van der Waals surface area contributed by atoms with Gasteiger partial charge in [-0.1, -0.05) is 85.4 Å². The molecule has 4 aliphatic rings. The first-order valence-corrected chi connectivity index (χ1v) is 26.1. The van der Waals surface area contributed by atoms with Crippen LogP contribution in [0.15, 0.2) is 112 Å². The van der Waals surface area contributed by atoms with Gasteiger partial charge in [0.2, 0.25) is 11.8 Å². The van der Waals surface area contributed by atoms with E-state index < -0.39 is 0 Å². The first kappa shape index (κ1) is 49.1. The number of hydrogen-bond donors (Lipinski definition) is 2. The third-order valence-corrected chi connectivity index (χ3v) is 16.7. The molecule has 4 aromatic rings. The summed E-state index contributed by atoms with van der Waals surface area (Å²) in [5.74, 6) is 0.269. The van der Waals surface area contributed by atoms with Crippen LogP contribution in [0.1, 0.15) is 137 Å². The Labute approximate surface area is 402 Å². The Morgan fingerprint density at radius 1 is 0.621 bits per heavy atom. The maximum Gasteiger partial charge on any atom is 0.245 e. The minimum absolute atomic E-state index is 0.0460. The fourth-order valence-electron chi connectivity index (χ4n) is 10.3. The lowest BCUT2D eigenvalue weighted by atomic mass is 9.97. The Kier molecular flexibility index (Phi) is 17.7. The smallest absolute Gasteiger partial charge is 0.245 e. The number of nitrogens with two attached hydrogens (primary N) is 1. The van der Waals surface area contributed by atoms with Crippen LogP contribution in [0.25, 0.3) is 0 Å². The van der Waals surface area contributed by atoms with Gasteiger partial charge in [0.25, 0.3) is 0 Å². The average molecular weight is 928 g/mol. The zero-order valence-corrected chi connectivity index (χ0v) is 41.0. The number of oxime groups is 1. The van der Waals surface area contributed by atoms with Crippen LogP contribution < -0.4 is 15.5 Å². The number of piperidine rings is 2.